The maximum atomic E-state index is 12.3. The molecule has 2 heterocycles. The lowest BCUT2D eigenvalue weighted by Crippen LogP contribution is -2.36. The monoisotopic (exact) mass is 341 g/mol. The van der Waals surface area contributed by atoms with E-state index in [9.17, 15) is 4.79 Å². The molecule has 2 aromatic rings. The summed E-state index contributed by atoms with van der Waals surface area (Å²) in [4.78, 5) is 19.0. The highest BCUT2D eigenvalue weighted by Crippen LogP contribution is 2.24. The highest BCUT2D eigenvalue weighted by atomic mass is 16.5. The third-order valence-corrected chi connectivity index (χ3v) is 5.04. The number of fused-ring (bicyclic) bond motifs is 1. The van der Waals surface area contributed by atoms with Crippen LogP contribution in [-0.2, 0) is 4.74 Å². The van der Waals surface area contributed by atoms with Gasteiger partial charge in [-0.25, -0.2) is 4.98 Å². The van der Waals surface area contributed by atoms with Gasteiger partial charge >= 0.3 is 0 Å². The number of hydrogen-bond donors (Lipinski definition) is 1. The minimum Gasteiger partial charge on any atom is -0.378 e. The fourth-order valence-corrected chi connectivity index (χ4v) is 3.57. The van der Waals surface area contributed by atoms with Crippen LogP contribution in [0.25, 0.3) is 11.0 Å². The normalized spacial score (nSPS) is 18.6. The molecule has 7 nitrogen and oxygen atoms in total. The molecule has 0 unspecified atom stereocenters. The number of nitrogens with zero attached hydrogens (tertiary/aromatic N) is 4. The van der Waals surface area contributed by atoms with Gasteiger partial charge in [-0.05, 0) is 37.0 Å². The Morgan fingerprint density at radius 1 is 1.16 bits per heavy atom. The van der Waals surface area contributed by atoms with Gasteiger partial charge in [-0.3, -0.25) is 4.79 Å². The lowest BCUT2D eigenvalue weighted by molar-refractivity contribution is 0.0936. The molecule has 132 valence electrons. The van der Waals surface area contributed by atoms with Gasteiger partial charge in [0.2, 0.25) is 5.82 Å². The first kappa shape index (κ1) is 16.2. The summed E-state index contributed by atoms with van der Waals surface area (Å²) in [6.07, 6.45) is 4.91. The van der Waals surface area contributed by atoms with Crippen LogP contribution in [0.1, 0.15) is 36.3 Å². The summed E-state index contributed by atoms with van der Waals surface area (Å²) in [5.74, 6) is 0.494. The molecule has 1 saturated carbocycles. The molecule has 4 rings (SSSR count). The maximum absolute atomic E-state index is 12.3. The van der Waals surface area contributed by atoms with E-state index < -0.39 is 0 Å². The predicted octanol–water partition coefficient (Wildman–Crippen LogP) is 1.78. The van der Waals surface area contributed by atoms with E-state index in [0.29, 0.717) is 23.5 Å². The molecule has 2 fully saturated rings. The molecule has 0 atom stereocenters. The summed E-state index contributed by atoms with van der Waals surface area (Å²) in [5, 5.41) is 11.1. The number of carbonyl (C=O) groups excluding carboxylic acids is 1. The first-order valence-electron chi connectivity index (χ1n) is 9.05. The van der Waals surface area contributed by atoms with Crippen LogP contribution in [0.15, 0.2) is 18.2 Å². The van der Waals surface area contributed by atoms with E-state index in [1.807, 2.05) is 18.2 Å². The van der Waals surface area contributed by atoms with Gasteiger partial charge in [0.05, 0.1) is 18.7 Å². The molecule has 0 radical (unpaired) electrons. The Morgan fingerprint density at radius 3 is 2.76 bits per heavy atom. The number of anilines is 1. The topological polar surface area (TPSA) is 80.2 Å². The van der Waals surface area contributed by atoms with E-state index in [4.69, 9.17) is 4.74 Å². The van der Waals surface area contributed by atoms with Crippen LogP contribution in [0.2, 0.25) is 0 Å². The highest BCUT2D eigenvalue weighted by Gasteiger charge is 2.18. The first-order valence-corrected chi connectivity index (χ1v) is 9.05. The molecule has 2 aliphatic rings. The molecular formula is C18H23N5O2. The molecule has 0 spiro atoms. The van der Waals surface area contributed by atoms with Crippen LogP contribution in [0.4, 0.5) is 5.69 Å². The fraction of sp³-hybridized carbons (Fsp3) is 0.556. The van der Waals surface area contributed by atoms with E-state index in [2.05, 4.69) is 25.4 Å². The Hall–Kier alpha value is -2.28. The van der Waals surface area contributed by atoms with Crippen LogP contribution < -0.4 is 10.2 Å². The lowest BCUT2D eigenvalue weighted by atomic mass is 10.1. The Kier molecular flexibility index (Phi) is 4.74. The minimum atomic E-state index is -0.238. The smallest absolute Gasteiger partial charge is 0.291 e. The first-order chi connectivity index (χ1) is 12.3. The van der Waals surface area contributed by atoms with Crippen LogP contribution in [0.3, 0.4) is 0 Å². The number of aromatic nitrogens is 3. The predicted molar refractivity (Wildman–Crippen MR) is 94.7 cm³/mol. The number of rotatable bonds is 4. The van der Waals surface area contributed by atoms with Crippen molar-refractivity contribution < 1.29 is 9.53 Å². The summed E-state index contributed by atoms with van der Waals surface area (Å²) in [6, 6.07) is 5.90. The van der Waals surface area contributed by atoms with Crippen molar-refractivity contribution in [3.63, 3.8) is 0 Å². The van der Waals surface area contributed by atoms with Crippen molar-refractivity contribution in [2.24, 2.45) is 5.92 Å². The zero-order chi connectivity index (χ0) is 17.1. The number of benzene rings is 1. The summed E-state index contributed by atoms with van der Waals surface area (Å²) in [6.45, 7) is 3.88. The Labute approximate surface area is 146 Å². The molecule has 1 N–H and O–H groups in total. The van der Waals surface area contributed by atoms with E-state index in [-0.39, 0.29) is 11.7 Å². The quantitative estimate of drug-likeness (QED) is 0.913. The van der Waals surface area contributed by atoms with Gasteiger partial charge in [0.25, 0.3) is 5.91 Å². The second kappa shape index (κ2) is 7.31. The van der Waals surface area contributed by atoms with Crippen molar-refractivity contribution in [2.75, 3.05) is 37.7 Å². The molecule has 1 amide bonds. The summed E-state index contributed by atoms with van der Waals surface area (Å²) in [5.41, 5.74) is 2.47. The second-order valence-electron chi connectivity index (χ2n) is 6.77. The summed E-state index contributed by atoms with van der Waals surface area (Å²) >= 11 is 0. The van der Waals surface area contributed by atoms with E-state index in [1.54, 1.807) is 0 Å². The summed E-state index contributed by atoms with van der Waals surface area (Å²) < 4.78 is 5.40. The summed E-state index contributed by atoms with van der Waals surface area (Å²) in [7, 11) is 0. The molecule has 1 aromatic heterocycles. The Balaban J connectivity index is 1.50. The van der Waals surface area contributed by atoms with Crippen LogP contribution >= 0.6 is 0 Å². The number of carbonyl (C=O) groups is 1. The van der Waals surface area contributed by atoms with E-state index in [0.717, 1.165) is 32.0 Å². The average molecular weight is 341 g/mol. The SMILES string of the molecule is O=C(NCC1CCCC1)c1nnc2ccc(N3CCOCC3)cc2n1. The van der Waals surface area contributed by atoms with Gasteiger partial charge in [0, 0.05) is 25.3 Å². The molecular weight excluding hydrogens is 318 g/mol. The molecule has 1 aliphatic heterocycles. The van der Waals surface area contributed by atoms with Gasteiger partial charge < -0.3 is 15.0 Å². The molecule has 0 bridgehead atoms. The van der Waals surface area contributed by atoms with Crippen molar-refractivity contribution in [1.82, 2.24) is 20.5 Å². The number of hydrogen-bond acceptors (Lipinski definition) is 6. The Morgan fingerprint density at radius 2 is 1.96 bits per heavy atom. The van der Waals surface area contributed by atoms with E-state index >= 15 is 0 Å². The molecule has 7 heteroatoms. The van der Waals surface area contributed by atoms with E-state index in [1.165, 1.54) is 25.7 Å². The van der Waals surface area contributed by atoms with Crippen molar-refractivity contribution in [1.29, 1.82) is 0 Å². The fourth-order valence-electron chi connectivity index (χ4n) is 3.57. The maximum Gasteiger partial charge on any atom is 0.291 e. The lowest BCUT2D eigenvalue weighted by Gasteiger charge is -2.28. The van der Waals surface area contributed by atoms with Gasteiger partial charge in [-0.1, -0.05) is 12.8 Å². The molecule has 1 aliphatic carbocycles. The zero-order valence-electron chi connectivity index (χ0n) is 14.3. The third-order valence-electron chi connectivity index (χ3n) is 5.04. The Bertz CT molecular complexity index is 754. The van der Waals surface area contributed by atoms with Crippen LogP contribution in [0, 0.1) is 5.92 Å². The standard InChI is InChI=1S/C18H23N5O2/c24-18(19-12-13-3-1-2-4-13)17-20-16-11-14(5-6-15(16)21-22-17)23-7-9-25-10-8-23/h5-6,11,13H,1-4,7-10,12H2,(H,19,24). The number of nitrogens with one attached hydrogen (secondary N) is 1. The second-order valence-corrected chi connectivity index (χ2v) is 6.77. The number of amides is 1. The molecule has 1 aromatic carbocycles. The minimum absolute atomic E-state index is 0.143. The molecule has 25 heavy (non-hydrogen) atoms. The number of ether oxygens (including phenoxy) is 1. The highest BCUT2D eigenvalue weighted by molar-refractivity contribution is 5.92. The van der Waals surface area contributed by atoms with Crippen molar-refractivity contribution in [3.8, 4) is 0 Å². The largest absolute Gasteiger partial charge is 0.378 e. The van der Waals surface area contributed by atoms with Crippen molar-refractivity contribution >= 4 is 22.6 Å². The average Bonchev–Trinajstić information content (AvgIpc) is 3.19. The van der Waals surface area contributed by atoms with Crippen LogP contribution in [-0.4, -0.2) is 53.9 Å². The molecule has 1 saturated heterocycles. The van der Waals surface area contributed by atoms with Gasteiger partial charge in [0.1, 0.15) is 5.52 Å². The number of morpholine rings is 1. The van der Waals surface area contributed by atoms with Crippen LogP contribution in [0.5, 0.6) is 0 Å². The zero-order valence-corrected chi connectivity index (χ0v) is 14.3. The van der Waals surface area contributed by atoms with Gasteiger partial charge in [-0.15, -0.1) is 10.2 Å². The third kappa shape index (κ3) is 3.71. The van der Waals surface area contributed by atoms with Gasteiger partial charge in [-0.2, -0.15) is 0 Å². The van der Waals surface area contributed by atoms with Crippen molar-refractivity contribution in [2.45, 2.75) is 25.7 Å². The van der Waals surface area contributed by atoms with Crippen molar-refractivity contribution in [3.05, 3.63) is 24.0 Å². The van der Waals surface area contributed by atoms with Gasteiger partial charge in [0.15, 0.2) is 0 Å².